The first-order valence-electron chi connectivity index (χ1n) is 8.46. The van der Waals surface area contributed by atoms with Gasteiger partial charge in [0.1, 0.15) is 0 Å². The number of para-hydroxylation sites is 1. The molecule has 1 amide bonds. The summed E-state index contributed by atoms with van der Waals surface area (Å²) >= 11 is 0. The summed E-state index contributed by atoms with van der Waals surface area (Å²) in [5.74, 6) is -0.120. The molecule has 1 aliphatic heterocycles. The third-order valence-corrected chi connectivity index (χ3v) is 4.71. The highest BCUT2D eigenvalue weighted by Gasteiger charge is 2.28. The first-order valence-corrected chi connectivity index (χ1v) is 8.46. The Kier molecular flexibility index (Phi) is 3.28. The van der Waals surface area contributed by atoms with Crippen molar-refractivity contribution in [1.29, 1.82) is 0 Å². The smallest absolute Gasteiger partial charge is 0.279 e. The fourth-order valence-corrected chi connectivity index (χ4v) is 3.46. The third-order valence-electron chi connectivity index (χ3n) is 4.71. The fraction of sp³-hybridized carbons (Fsp3) is 0.100. The number of carbonyl (C=O) groups excluding carboxylic acids is 1. The summed E-state index contributed by atoms with van der Waals surface area (Å²) in [6.45, 7) is 0.635. The van der Waals surface area contributed by atoms with E-state index in [9.17, 15) is 4.79 Å². The Labute approximate surface area is 149 Å². The van der Waals surface area contributed by atoms with Crippen molar-refractivity contribution in [3.8, 4) is 5.69 Å². The van der Waals surface area contributed by atoms with Crippen LogP contribution < -0.4 is 4.90 Å². The van der Waals surface area contributed by atoms with E-state index in [4.69, 9.17) is 0 Å². The molecule has 0 aliphatic carbocycles. The molecule has 0 unspecified atom stereocenters. The highest BCUT2D eigenvalue weighted by Crippen LogP contribution is 2.29. The molecule has 0 atom stereocenters. The number of carbonyl (C=O) groups is 1. The predicted octanol–water partition coefficient (Wildman–Crippen LogP) is 3.02. The van der Waals surface area contributed by atoms with Gasteiger partial charge in [-0.3, -0.25) is 9.78 Å². The van der Waals surface area contributed by atoms with Gasteiger partial charge in [0.2, 0.25) is 0 Å². The van der Waals surface area contributed by atoms with Crippen molar-refractivity contribution < 1.29 is 4.79 Å². The van der Waals surface area contributed by atoms with E-state index in [-0.39, 0.29) is 5.91 Å². The zero-order chi connectivity index (χ0) is 17.5. The van der Waals surface area contributed by atoms with E-state index in [0.29, 0.717) is 17.9 Å². The number of hydrogen-bond acceptors (Lipinski definition) is 4. The van der Waals surface area contributed by atoms with E-state index >= 15 is 0 Å². The molecule has 0 saturated carbocycles. The monoisotopic (exact) mass is 341 g/mol. The molecule has 6 nitrogen and oxygen atoms in total. The lowest BCUT2D eigenvalue weighted by atomic mass is 10.2. The van der Waals surface area contributed by atoms with Crippen LogP contribution in [0.25, 0.3) is 16.6 Å². The van der Waals surface area contributed by atoms with Gasteiger partial charge < -0.3 is 4.90 Å². The highest BCUT2D eigenvalue weighted by atomic mass is 16.2. The molecule has 5 rings (SSSR count). The van der Waals surface area contributed by atoms with Gasteiger partial charge in [0.05, 0.1) is 23.1 Å². The Morgan fingerprint density at radius 2 is 1.88 bits per heavy atom. The van der Waals surface area contributed by atoms with Gasteiger partial charge in [-0.2, -0.15) is 5.10 Å². The summed E-state index contributed by atoms with van der Waals surface area (Å²) in [5.41, 5.74) is 4.02. The van der Waals surface area contributed by atoms with E-state index in [1.165, 1.54) is 0 Å². The number of aromatic nitrogens is 4. The van der Waals surface area contributed by atoms with Crippen LogP contribution in [0.4, 0.5) is 5.69 Å². The van der Waals surface area contributed by atoms with Gasteiger partial charge in [-0.15, -0.1) is 0 Å². The van der Waals surface area contributed by atoms with E-state index in [1.807, 2.05) is 48.7 Å². The molecule has 6 heteroatoms. The molecule has 1 aromatic carbocycles. The Bertz CT molecular complexity index is 1130. The maximum atomic E-state index is 13.3. The van der Waals surface area contributed by atoms with E-state index < -0.39 is 0 Å². The molecule has 0 radical (unpaired) electrons. The summed E-state index contributed by atoms with van der Waals surface area (Å²) in [6, 6.07) is 13.5. The number of hydrogen-bond donors (Lipinski definition) is 0. The number of fused-ring (bicyclic) bond motifs is 2. The van der Waals surface area contributed by atoms with Crippen LogP contribution in [0.15, 0.2) is 67.3 Å². The number of benzene rings is 1. The zero-order valence-electron chi connectivity index (χ0n) is 13.9. The number of nitrogens with zero attached hydrogens (tertiary/aromatic N) is 5. The van der Waals surface area contributed by atoms with Crippen molar-refractivity contribution in [1.82, 2.24) is 19.7 Å². The maximum absolute atomic E-state index is 13.3. The average molecular weight is 341 g/mol. The molecule has 0 saturated heterocycles. The lowest BCUT2D eigenvalue weighted by Gasteiger charge is -2.18. The number of rotatable bonds is 2. The summed E-state index contributed by atoms with van der Waals surface area (Å²) in [6.07, 6.45) is 7.79. The average Bonchev–Trinajstić information content (AvgIpc) is 3.32. The molecule has 0 bridgehead atoms. The molecule has 1 aliphatic rings. The van der Waals surface area contributed by atoms with Crippen LogP contribution in [0.5, 0.6) is 0 Å². The first-order chi connectivity index (χ1) is 12.8. The second-order valence-electron chi connectivity index (χ2n) is 6.20. The minimum absolute atomic E-state index is 0.120. The molecule has 0 N–H and O–H groups in total. The lowest BCUT2D eigenvalue weighted by molar-refractivity contribution is 0.0984. The molecule has 126 valence electrons. The minimum atomic E-state index is -0.120. The lowest BCUT2D eigenvalue weighted by Crippen LogP contribution is -2.30. The van der Waals surface area contributed by atoms with Gasteiger partial charge in [0.15, 0.2) is 5.69 Å². The van der Waals surface area contributed by atoms with Gasteiger partial charge in [0, 0.05) is 30.5 Å². The molecular weight excluding hydrogens is 326 g/mol. The second kappa shape index (κ2) is 5.77. The Balaban J connectivity index is 1.62. The number of amides is 1. The van der Waals surface area contributed by atoms with Crippen molar-refractivity contribution in [2.75, 3.05) is 11.4 Å². The Hall–Kier alpha value is -3.54. The summed E-state index contributed by atoms with van der Waals surface area (Å²) in [7, 11) is 0. The van der Waals surface area contributed by atoms with Crippen LogP contribution >= 0.6 is 0 Å². The van der Waals surface area contributed by atoms with Crippen LogP contribution in [0.3, 0.4) is 0 Å². The first kappa shape index (κ1) is 14.8. The van der Waals surface area contributed by atoms with Crippen molar-refractivity contribution in [3.63, 3.8) is 0 Å². The molecular formula is C20H15N5O. The van der Waals surface area contributed by atoms with Gasteiger partial charge in [-0.1, -0.05) is 18.2 Å². The van der Waals surface area contributed by atoms with Crippen LogP contribution in [0.1, 0.15) is 16.1 Å². The normalized spacial score (nSPS) is 13.2. The molecule has 3 aromatic heterocycles. The number of anilines is 1. The summed E-state index contributed by atoms with van der Waals surface area (Å²) in [5, 5.41) is 5.50. The predicted molar refractivity (Wildman–Crippen MR) is 98.5 cm³/mol. The van der Waals surface area contributed by atoms with Crippen molar-refractivity contribution in [3.05, 3.63) is 78.5 Å². The Morgan fingerprint density at radius 1 is 0.962 bits per heavy atom. The molecule has 4 aromatic rings. The summed E-state index contributed by atoms with van der Waals surface area (Å²) in [4.78, 5) is 23.6. The standard InChI is InChI=1S/C20H15N5O/c26-20(24-11-8-15-12-21-10-7-16(15)24)19-18(6-3-9-22-19)25-17-5-2-1-4-14(17)13-23-25/h1-7,9-10,12-13H,8,11H2. The third kappa shape index (κ3) is 2.19. The van der Waals surface area contributed by atoms with Gasteiger partial charge in [0.25, 0.3) is 5.91 Å². The number of pyridine rings is 2. The van der Waals surface area contributed by atoms with E-state index in [2.05, 4.69) is 15.1 Å². The van der Waals surface area contributed by atoms with Crippen LogP contribution in [-0.2, 0) is 6.42 Å². The topological polar surface area (TPSA) is 63.9 Å². The molecule has 0 spiro atoms. The summed E-state index contributed by atoms with van der Waals surface area (Å²) < 4.78 is 1.78. The fourth-order valence-electron chi connectivity index (χ4n) is 3.46. The van der Waals surface area contributed by atoms with Gasteiger partial charge >= 0.3 is 0 Å². The van der Waals surface area contributed by atoms with Gasteiger partial charge in [-0.25, -0.2) is 9.67 Å². The quantitative estimate of drug-likeness (QED) is 0.562. The molecule has 0 fully saturated rings. The zero-order valence-corrected chi connectivity index (χ0v) is 13.9. The van der Waals surface area contributed by atoms with Crippen molar-refractivity contribution >= 4 is 22.5 Å². The van der Waals surface area contributed by atoms with Crippen LogP contribution in [0.2, 0.25) is 0 Å². The maximum Gasteiger partial charge on any atom is 0.279 e. The van der Waals surface area contributed by atoms with Crippen LogP contribution in [0, 0.1) is 0 Å². The highest BCUT2D eigenvalue weighted by molar-refractivity contribution is 6.08. The van der Waals surface area contributed by atoms with Crippen LogP contribution in [-0.4, -0.2) is 32.2 Å². The van der Waals surface area contributed by atoms with Crippen molar-refractivity contribution in [2.24, 2.45) is 0 Å². The van der Waals surface area contributed by atoms with E-state index in [0.717, 1.165) is 28.6 Å². The van der Waals surface area contributed by atoms with Crippen molar-refractivity contribution in [2.45, 2.75) is 6.42 Å². The SMILES string of the molecule is O=C(c1ncccc1-n1ncc2ccccc21)N1CCc2cnccc21. The second-order valence-corrected chi connectivity index (χ2v) is 6.20. The Morgan fingerprint density at radius 3 is 2.85 bits per heavy atom. The van der Waals surface area contributed by atoms with Gasteiger partial charge in [-0.05, 0) is 36.2 Å². The molecule has 26 heavy (non-hydrogen) atoms. The van der Waals surface area contributed by atoms with E-state index in [1.54, 1.807) is 28.2 Å². The molecule has 4 heterocycles. The largest absolute Gasteiger partial charge is 0.306 e. The minimum Gasteiger partial charge on any atom is -0.306 e.